The molecule has 0 heterocycles. The SMILES string of the molecule is CC(C)=CCCC(C)=CC(O)Nc1ccccc1. The van der Waals surface area contributed by atoms with E-state index in [1.54, 1.807) is 0 Å². The molecule has 2 nitrogen and oxygen atoms in total. The third-order valence-corrected chi connectivity index (χ3v) is 2.62. The lowest BCUT2D eigenvalue weighted by Gasteiger charge is -2.11. The summed E-state index contributed by atoms with van der Waals surface area (Å²) in [5.74, 6) is 0. The first-order chi connectivity index (χ1) is 8.58. The maximum absolute atomic E-state index is 9.88. The van der Waals surface area contributed by atoms with E-state index in [2.05, 4.69) is 32.2 Å². The lowest BCUT2D eigenvalue weighted by atomic mass is 10.1. The Hall–Kier alpha value is -1.54. The van der Waals surface area contributed by atoms with Crippen molar-refractivity contribution in [1.82, 2.24) is 0 Å². The number of rotatable bonds is 6. The summed E-state index contributed by atoms with van der Waals surface area (Å²) in [4.78, 5) is 0. The largest absolute Gasteiger partial charge is 0.370 e. The molecule has 18 heavy (non-hydrogen) atoms. The van der Waals surface area contributed by atoms with Crippen LogP contribution in [0.2, 0.25) is 0 Å². The van der Waals surface area contributed by atoms with Crippen LogP contribution >= 0.6 is 0 Å². The zero-order chi connectivity index (χ0) is 13.4. The molecule has 1 aromatic carbocycles. The molecule has 0 aliphatic rings. The van der Waals surface area contributed by atoms with Crippen LogP contribution in [-0.2, 0) is 0 Å². The van der Waals surface area contributed by atoms with Crippen molar-refractivity contribution in [2.24, 2.45) is 0 Å². The first-order valence-corrected chi connectivity index (χ1v) is 6.38. The van der Waals surface area contributed by atoms with Crippen LogP contribution in [0.25, 0.3) is 0 Å². The first kappa shape index (κ1) is 14.5. The number of allylic oxidation sites excluding steroid dienone is 3. The van der Waals surface area contributed by atoms with Gasteiger partial charge in [0.15, 0.2) is 0 Å². The summed E-state index contributed by atoms with van der Waals surface area (Å²) in [6.45, 7) is 6.25. The van der Waals surface area contributed by atoms with E-state index >= 15 is 0 Å². The molecule has 0 spiro atoms. The van der Waals surface area contributed by atoms with Crippen molar-refractivity contribution in [2.75, 3.05) is 5.32 Å². The molecule has 2 heteroatoms. The van der Waals surface area contributed by atoms with Gasteiger partial charge in [-0.15, -0.1) is 0 Å². The molecule has 1 rings (SSSR count). The number of para-hydroxylation sites is 1. The van der Waals surface area contributed by atoms with Gasteiger partial charge in [-0.2, -0.15) is 0 Å². The summed E-state index contributed by atoms with van der Waals surface area (Å²) in [5, 5.41) is 12.9. The molecule has 0 fully saturated rings. The fraction of sp³-hybridized carbons (Fsp3) is 0.375. The van der Waals surface area contributed by atoms with Crippen molar-refractivity contribution in [2.45, 2.75) is 39.8 Å². The van der Waals surface area contributed by atoms with Gasteiger partial charge in [-0.3, -0.25) is 0 Å². The van der Waals surface area contributed by atoms with E-state index in [0.29, 0.717) is 0 Å². The molecule has 1 unspecified atom stereocenters. The third kappa shape index (κ3) is 6.26. The van der Waals surface area contributed by atoms with E-state index in [-0.39, 0.29) is 0 Å². The van der Waals surface area contributed by atoms with Crippen molar-refractivity contribution >= 4 is 5.69 Å². The molecule has 2 N–H and O–H groups in total. The highest BCUT2D eigenvalue weighted by atomic mass is 16.3. The molecule has 0 saturated heterocycles. The number of nitrogens with one attached hydrogen (secondary N) is 1. The fourth-order valence-electron chi connectivity index (χ4n) is 1.69. The fourth-order valence-corrected chi connectivity index (χ4v) is 1.69. The van der Waals surface area contributed by atoms with Crippen molar-refractivity contribution in [1.29, 1.82) is 0 Å². The monoisotopic (exact) mass is 245 g/mol. The summed E-state index contributed by atoms with van der Waals surface area (Å²) in [6.07, 6.45) is 5.47. The smallest absolute Gasteiger partial charge is 0.144 e. The lowest BCUT2D eigenvalue weighted by molar-refractivity contribution is 0.251. The van der Waals surface area contributed by atoms with Crippen LogP contribution in [0, 0.1) is 0 Å². The standard InChI is InChI=1S/C16H23NO/c1-13(2)8-7-9-14(3)12-16(18)17-15-10-5-4-6-11-15/h4-6,8,10-12,16-18H,7,9H2,1-3H3. The minimum atomic E-state index is -0.626. The van der Waals surface area contributed by atoms with Gasteiger partial charge in [-0.25, -0.2) is 0 Å². The van der Waals surface area contributed by atoms with E-state index in [9.17, 15) is 5.11 Å². The Balaban J connectivity index is 2.42. The van der Waals surface area contributed by atoms with E-state index in [4.69, 9.17) is 0 Å². The summed E-state index contributed by atoms with van der Waals surface area (Å²) in [7, 11) is 0. The van der Waals surface area contributed by atoms with Gasteiger partial charge in [0.2, 0.25) is 0 Å². The number of hydrogen-bond donors (Lipinski definition) is 2. The molecular formula is C16H23NO. The van der Waals surface area contributed by atoms with E-state index in [1.807, 2.05) is 36.4 Å². The Morgan fingerprint density at radius 1 is 1.22 bits per heavy atom. The number of anilines is 1. The molecular weight excluding hydrogens is 222 g/mol. The number of aliphatic hydroxyl groups excluding tert-OH is 1. The van der Waals surface area contributed by atoms with Crippen LogP contribution < -0.4 is 5.32 Å². The Morgan fingerprint density at radius 3 is 2.50 bits per heavy atom. The second-order valence-corrected chi connectivity index (χ2v) is 4.79. The maximum atomic E-state index is 9.88. The topological polar surface area (TPSA) is 32.3 Å². The first-order valence-electron chi connectivity index (χ1n) is 6.38. The van der Waals surface area contributed by atoms with Crippen LogP contribution in [0.3, 0.4) is 0 Å². The Labute approximate surface area is 110 Å². The number of hydrogen-bond acceptors (Lipinski definition) is 2. The molecule has 0 aromatic heterocycles. The van der Waals surface area contributed by atoms with Gasteiger partial charge in [0, 0.05) is 5.69 Å². The van der Waals surface area contributed by atoms with Crippen LogP contribution in [0.4, 0.5) is 5.69 Å². The minimum Gasteiger partial charge on any atom is -0.370 e. The molecule has 0 bridgehead atoms. The van der Waals surface area contributed by atoms with Crippen molar-refractivity contribution in [3.05, 3.63) is 53.6 Å². The molecule has 0 radical (unpaired) electrons. The Kier molecular flexibility index (Phi) is 6.23. The van der Waals surface area contributed by atoms with Crippen molar-refractivity contribution in [3.8, 4) is 0 Å². The van der Waals surface area contributed by atoms with Gasteiger partial charge in [-0.05, 0) is 51.8 Å². The van der Waals surface area contributed by atoms with E-state index in [0.717, 1.165) is 18.5 Å². The van der Waals surface area contributed by atoms with Crippen molar-refractivity contribution in [3.63, 3.8) is 0 Å². The average Bonchev–Trinajstić information content (AvgIpc) is 2.29. The van der Waals surface area contributed by atoms with Crippen LogP contribution in [0.1, 0.15) is 33.6 Å². The molecule has 0 aliphatic carbocycles. The molecule has 1 atom stereocenters. The zero-order valence-corrected chi connectivity index (χ0v) is 11.5. The molecule has 0 aliphatic heterocycles. The third-order valence-electron chi connectivity index (χ3n) is 2.62. The van der Waals surface area contributed by atoms with E-state index in [1.165, 1.54) is 11.1 Å². The quantitative estimate of drug-likeness (QED) is 0.584. The predicted octanol–water partition coefficient (Wildman–Crippen LogP) is 4.11. The molecule has 0 saturated carbocycles. The second-order valence-electron chi connectivity index (χ2n) is 4.79. The second kappa shape index (κ2) is 7.72. The summed E-state index contributed by atoms with van der Waals surface area (Å²) in [6, 6.07) is 9.73. The van der Waals surface area contributed by atoms with Crippen LogP contribution in [-0.4, -0.2) is 11.3 Å². The van der Waals surface area contributed by atoms with Crippen LogP contribution in [0.15, 0.2) is 53.6 Å². The van der Waals surface area contributed by atoms with Gasteiger partial charge in [0.25, 0.3) is 0 Å². The van der Waals surface area contributed by atoms with Gasteiger partial charge in [0.05, 0.1) is 0 Å². The highest BCUT2D eigenvalue weighted by Gasteiger charge is 2.00. The van der Waals surface area contributed by atoms with Gasteiger partial charge in [0.1, 0.15) is 6.23 Å². The lowest BCUT2D eigenvalue weighted by Crippen LogP contribution is -2.15. The molecule has 0 amide bonds. The summed E-state index contributed by atoms with van der Waals surface area (Å²) >= 11 is 0. The normalized spacial score (nSPS) is 13.0. The molecule has 1 aromatic rings. The predicted molar refractivity (Wildman–Crippen MR) is 78.5 cm³/mol. The summed E-state index contributed by atoms with van der Waals surface area (Å²) in [5.41, 5.74) is 3.47. The maximum Gasteiger partial charge on any atom is 0.144 e. The zero-order valence-electron chi connectivity index (χ0n) is 11.5. The average molecular weight is 245 g/mol. The molecule has 98 valence electrons. The van der Waals surface area contributed by atoms with Gasteiger partial charge >= 0.3 is 0 Å². The highest BCUT2D eigenvalue weighted by Crippen LogP contribution is 2.10. The summed E-state index contributed by atoms with van der Waals surface area (Å²) < 4.78 is 0. The number of benzene rings is 1. The van der Waals surface area contributed by atoms with Crippen molar-refractivity contribution < 1.29 is 5.11 Å². The van der Waals surface area contributed by atoms with Gasteiger partial charge in [-0.1, -0.05) is 35.4 Å². The minimum absolute atomic E-state index is 0.626. The Morgan fingerprint density at radius 2 is 1.89 bits per heavy atom. The van der Waals surface area contributed by atoms with Crippen LogP contribution in [0.5, 0.6) is 0 Å². The van der Waals surface area contributed by atoms with Gasteiger partial charge < -0.3 is 10.4 Å². The highest BCUT2D eigenvalue weighted by molar-refractivity contribution is 5.43. The van der Waals surface area contributed by atoms with E-state index < -0.39 is 6.23 Å². The number of aliphatic hydroxyl groups is 1. The Bertz CT molecular complexity index is 402.